The summed E-state index contributed by atoms with van der Waals surface area (Å²) in [7, 11) is 4.10. The van der Waals surface area contributed by atoms with Gasteiger partial charge in [-0.25, -0.2) is 9.97 Å². The summed E-state index contributed by atoms with van der Waals surface area (Å²) in [5.74, 6) is 1.42. The number of hydrogen-bond donors (Lipinski definition) is 1. The van der Waals surface area contributed by atoms with E-state index in [0.717, 1.165) is 24.5 Å². The van der Waals surface area contributed by atoms with E-state index >= 15 is 0 Å². The first-order valence-electron chi connectivity index (χ1n) is 8.54. The highest BCUT2D eigenvalue weighted by molar-refractivity contribution is 5.56. The van der Waals surface area contributed by atoms with Crippen LogP contribution in [-0.4, -0.2) is 42.1 Å². The number of nitrogens with one attached hydrogen (secondary N) is 1. The molecule has 1 N–H and O–H groups in total. The lowest BCUT2D eigenvalue weighted by molar-refractivity contribution is 0.822. The van der Waals surface area contributed by atoms with E-state index in [-0.39, 0.29) is 5.56 Å². The van der Waals surface area contributed by atoms with Gasteiger partial charge in [0.05, 0.1) is 0 Å². The zero-order valence-corrected chi connectivity index (χ0v) is 15.3. The average Bonchev–Trinajstić information content (AvgIpc) is 2.66. The van der Waals surface area contributed by atoms with Crippen molar-refractivity contribution in [3.05, 3.63) is 70.8 Å². The van der Waals surface area contributed by atoms with Gasteiger partial charge in [0.15, 0.2) is 0 Å². The molecule has 0 saturated carbocycles. The van der Waals surface area contributed by atoms with Gasteiger partial charge in [-0.1, -0.05) is 18.2 Å². The van der Waals surface area contributed by atoms with Crippen LogP contribution in [0.15, 0.2) is 59.5 Å². The van der Waals surface area contributed by atoms with Crippen molar-refractivity contribution in [3.63, 3.8) is 0 Å². The Balaban J connectivity index is 1.65. The molecule has 0 aliphatic carbocycles. The largest absolute Gasteiger partial charge is 0.373 e. The molecular formula is C20H23N5O. The highest BCUT2D eigenvalue weighted by atomic mass is 16.1. The number of hydrogen-bond acceptors (Lipinski definition) is 5. The van der Waals surface area contributed by atoms with Crippen LogP contribution >= 0.6 is 0 Å². The lowest BCUT2D eigenvalue weighted by Crippen LogP contribution is -2.31. The molecule has 0 fully saturated rings. The Labute approximate surface area is 153 Å². The fourth-order valence-corrected chi connectivity index (χ4v) is 2.69. The number of aryl methyl sites for hydroxylation is 1. The fraction of sp³-hybridized carbons (Fsp3) is 0.250. The van der Waals surface area contributed by atoms with Gasteiger partial charge in [-0.3, -0.25) is 4.79 Å². The highest BCUT2D eigenvalue weighted by Crippen LogP contribution is 2.17. The maximum atomic E-state index is 11.6. The number of H-pyrrole nitrogens is 1. The van der Waals surface area contributed by atoms with Crippen molar-refractivity contribution in [1.82, 2.24) is 15.0 Å². The van der Waals surface area contributed by atoms with Crippen LogP contribution < -0.4 is 15.4 Å². The molecule has 0 aliphatic heterocycles. The molecule has 6 heteroatoms. The summed E-state index contributed by atoms with van der Waals surface area (Å²) in [5.41, 5.74) is 2.52. The van der Waals surface area contributed by atoms with Crippen molar-refractivity contribution < 1.29 is 0 Å². The molecule has 0 atom stereocenters. The van der Waals surface area contributed by atoms with Gasteiger partial charge in [-0.05, 0) is 31.2 Å². The van der Waals surface area contributed by atoms with Crippen molar-refractivity contribution in [1.29, 1.82) is 0 Å². The van der Waals surface area contributed by atoms with Gasteiger partial charge in [0.2, 0.25) is 0 Å². The number of aromatic nitrogens is 3. The molecule has 2 heterocycles. The highest BCUT2D eigenvalue weighted by Gasteiger charge is 2.07. The summed E-state index contributed by atoms with van der Waals surface area (Å²) in [6.45, 7) is 3.53. The predicted octanol–water partition coefficient (Wildman–Crippen LogP) is 2.71. The van der Waals surface area contributed by atoms with E-state index < -0.39 is 0 Å². The third-order valence-corrected chi connectivity index (χ3v) is 4.25. The molecule has 0 amide bonds. The Kier molecular flexibility index (Phi) is 5.31. The summed E-state index contributed by atoms with van der Waals surface area (Å²) < 4.78 is 0. The van der Waals surface area contributed by atoms with Crippen LogP contribution in [0.2, 0.25) is 0 Å². The number of para-hydroxylation sites is 1. The minimum atomic E-state index is -0.155. The van der Waals surface area contributed by atoms with E-state index in [1.807, 2.05) is 37.4 Å². The van der Waals surface area contributed by atoms with Gasteiger partial charge in [-0.2, -0.15) is 0 Å². The number of anilines is 2. The first-order chi connectivity index (χ1) is 12.5. The summed E-state index contributed by atoms with van der Waals surface area (Å²) in [5, 5.41) is 0. The number of aromatic amines is 1. The maximum absolute atomic E-state index is 11.6. The molecule has 0 bridgehead atoms. The van der Waals surface area contributed by atoms with Gasteiger partial charge >= 0.3 is 0 Å². The monoisotopic (exact) mass is 349 g/mol. The molecule has 3 rings (SSSR count). The smallest absolute Gasteiger partial charge is 0.251 e. The second-order valence-electron chi connectivity index (χ2n) is 6.32. The van der Waals surface area contributed by atoms with Crippen molar-refractivity contribution >= 4 is 11.5 Å². The molecule has 2 aromatic heterocycles. The second kappa shape index (κ2) is 7.82. The first-order valence-corrected chi connectivity index (χ1v) is 8.54. The van der Waals surface area contributed by atoms with E-state index in [1.165, 1.54) is 11.8 Å². The number of likely N-dealkylation sites (N-methyl/N-ethyl adjacent to an activating group) is 2. The lowest BCUT2D eigenvalue weighted by Gasteiger charge is -2.24. The van der Waals surface area contributed by atoms with Crippen LogP contribution in [0.25, 0.3) is 11.4 Å². The summed E-state index contributed by atoms with van der Waals surface area (Å²) in [6, 6.07) is 15.6. The zero-order chi connectivity index (χ0) is 18.5. The molecule has 0 radical (unpaired) electrons. The molecule has 0 aliphatic rings. The minimum Gasteiger partial charge on any atom is -0.373 e. The van der Waals surface area contributed by atoms with Crippen molar-refractivity contribution in [3.8, 4) is 11.4 Å². The number of rotatable bonds is 6. The number of nitrogens with zero attached hydrogens (tertiary/aromatic N) is 4. The molecule has 6 nitrogen and oxygen atoms in total. The van der Waals surface area contributed by atoms with Gasteiger partial charge in [0.25, 0.3) is 5.56 Å². The average molecular weight is 349 g/mol. The maximum Gasteiger partial charge on any atom is 0.251 e. The number of benzene rings is 1. The van der Waals surface area contributed by atoms with E-state index in [0.29, 0.717) is 11.5 Å². The Morgan fingerprint density at radius 3 is 2.38 bits per heavy atom. The molecule has 1 aromatic carbocycles. The molecular weight excluding hydrogens is 326 g/mol. The van der Waals surface area contributed by atoms with E-state index in [9.17, 15) is 4.79 Å². The summed E-state index contributed by atoms with van der Waals surface area (Å²) in [4.78, 5) is 27.5. The fourth-order valence-electron chi connectivity index (χ4n) is 2.69. The number of pyridine rings is 1. The molecule has 0 saturated heterocycles. The van der Waals surface area contributed by atoms with E-state index in [4.69, 9.17) is 0 Å². The van der Waals surface area contributed by atoms with E-state index in [2.05, 4.69) is 43.9 Å². The normalized spacial score (nSPS) is 10.6. The van der Waals surface area contributed by atoms with Crippen molar-refractivity contribution in [2.75, 3.05) is 37.0 Å². The second-order valence-corrected chi connectivity index (χ2v) is 6.32. The van der Waals surface area contributed by atoms with E-state index in [1.54, 1.807) is 13.1 Å². The van der Waals surface area contributed by atoms with Crippen LogP contribution in [0.5, 0.6) is 0 Å². The van der Waals surface area contributed by atoms with Crippen LogP contribution in [-0.2, 0) is 0 Å². The van der Waals surface area contributed by atoms with Gasteiger partial charge in [-0.15, -0.1) is 0 Å². The molecule has 0 spiro atoms. The third-order valence-electron chi connectivity index (χ3n) is 4.25. The Bertz CT molecular complexity index is 905. The predicted molar refractivity (Wildman–Crippen MR) is 106 cm³/mol. The Hall–Kier alpha value is -3.15. The van der Waals surface area contributed by atoms with Crippen LogP contribution in [0.1, 0.15) is 5.69 Å². The van der Waals surface area contributed by atoms with Gasteiger partial charge in [0, 0.05) is 56.4 Å². The summed E-state index contributed by atoms with van der Waals surface area (Å²) in [6.07, 6.45) is 1.74. The Morgan fingerprint density at radius 1 is 1.00 bits per heavy atom. The molecule has 0 unspecified atom stereocenters. The topological polar surface area (TPSA) is 65.1 Å². The third kappa shape index (κ3) is 4.27. The van der Waals surface area contributed by atoms with Crippen LogP contribution in [0.3, 0.4) is 0 Å². The lowest BCUT2D eigenvalue weighted by atomic mass is 10.2. The first kappa shape index (κ1) is 17.7. The van der Waals surface area contributed by atoms with Gasteiger partial charge in [0.1, 0.15) is 11.6 Å². The quantitative estimate of drug-likeness (QED) is 0.741. The van der Waals surface area contributed by atoms with Gasteiger partial charge < -0.3 is 14.8 Å². The standard InChI is InChI=1S/C20H23N5O/c1-15-13-19(26)23-20(22-15)16-9-10-18(21-14-16)25(3)12-11-24(2)17-7-5-4-6-8-17/h4-10,13-14H,11-12H2,1-3H3,(H,22,23,26). The van der Waals surface area contributed by atoms with Crippen molar-refractivity contribution in [2.45, 2.75) is 6.92 Å². The minimum absolute atomic E-state index is 0.155. The SMILES string of the molecule is Cc1cc(=O)[nH]c(-c2ccc(N(C)CCN(C)c3ccccc3)nc2)n1. The van der Waals surface area contributed by atoms with Crippen molar-refractivity contribution in [2.24, 2.45) is 0 Å². The Morgan fingerprint density at radius 2 is 1.73 bits per heavy atom. The van der Waals surface area contributed by atoms with Crippen LogP contribution in [0.4, 0.5) is 11.5 Å². The summed E-state index contributed by atoms with van der Waals surface area (Å²) >= 11 is 0. The molecule has 26 heavy (non-hydrogen) atoms. The molecule has 134 valence electrons. The van der Waals surface area contributed by atoms with Crippen LogP contribution in [0, 0.1) is 6.92 Å². The molecule has 3 aromatic rings. The zero-order valence-electron chi connectivity index (χ0n) is 15.3.